The molecule has 0 spiro atoms. The number of nitrogens with zero attached hydrogens (tertiary/aromatic N) is 2. The minimum absolute atomic E-state index is 0.0865. The first-order chi connectivity index (χ1) is 9.45. The van der Waals surface area contributed by atoms with Gasteiger partial charge in [-0.15, -0.1) is 0 Å². The van der Waals surface area contributed by atoms with Crippen molar-refractivity contribution in [1.82, 2.24) is 4.98 Å². The van der Waals surface area contributed by atoms with E-state index in [0.29, 0.717) is 5.39 Å². The van der Waals surface area contributed by atoms with Crippen LogP contribution in [0.15, 0.2) is 24.3 Å². The molecule has 0 bridgehead atoms. The average molecular weight is 301 g/mol. The fraction of sp³-hybridized carbons (Fsp3) is 0.357. The topological polar surface area (TPSA) is 16.1 Å². The van der Waals surface area contributed by atoms with Crippen LogP contribution in [-0.2, 0) is 6.18 Å². The van der Waals surface area contributed by atoms with Crippen molar-refractivity contribution in [3.8, 4) is 0 Å². The molecule has 1 aliphatic heterocycles. The van der Waals surface area contributed by atoms with E-state index in [-0.39, 0.29) is 10.5 Å². The van der Waals surface area contributed by atoms with Crippen molar-refractivity contribution in [1.29, 1.82) is 0 Å². The largest absolute Gasteiger partial charge is 0.433 e. The van der Waals surface area contributed by atoms with Gasteiger partial charge in [0.1, 0.15) is 5.69 Å². The molecule has 1 saturated heterocycles. The van der Waals surface area contributed by atoms with Crippen molar-refractivity contribution in [2.24, 2.45) is 0 Å². The first-order valence-electron chi connectivity index (χ1n) is 6.37. The standard InChI is InChI=1S/C14H12ClF3N2/c15-11-8-13(14(16,17)18)19-12-4-3-9(7-10(11)12)20-5-1-2-6-20/h3-4,7-8H,1-2,5-6H2. The summed E-state index contributed by atoms with van der Waals surface area (Å²) in [4.78, 5) is 5.85. The zero-order valence-corrected chi connectivity index (χ0v) is 11.3. The number of halogens is 4. The third-order valence-corrected chi connectivity index (χ3v) is 3.82. The molecule has 0 saturated carbocycles. The minimum Gasteiger partial charge on any atom is -0.372 e. The Morgan fingerprint density at radius 2 is 1.80 bits per heavy atom. The predicted octanol–water partition coefficient (Wildman–Crippen LogP) is 4.51. The van der Waals surface area contributed by atoms with Crippen molar-refractivity contribution >= 4 is 28.2 Å². The quantitative estimate of drug-likeness (QED) is 0.770. The highest BCUT2D eigenvalue weighted by molar-refractivity contribution is 6.35. The molecular weight excluding hydrogens is 289 g/mol. The summed E-state index contributed by atoms with van der Waals surface area (Å²) in [5, 5.41) is 0.646. The van der Waals surface area contributed by atoms with E-state index in [9.17, 15) is 13.2 Å². The Bertz CT molecular complexity index is 649. The van der Waals surface area contributed by atoms with E-state index in [1.54, 1.807) is 12.1 Å². The Balaban J connectivity index is 2.09. The first-order valence-corrected chi connectivity index (χ1v) is 6.75. The molecular formula is C14H12ClF3N2. The molecule has 2 heterocycles. The Morgan fingerprint density at radius 1 is 1.10 bits per heavy atom. The molecule has 2 nitrogen and oxygen atoms in total. The molecule has 3 rings (SSSR count). The van der Waals surface area contributed by atoms with E-state index in [1.165, 1.54) is 0 Å². The second kappa shape index (κ2) is 4.81. The second-order valence-corrected chi connectivity index (χ2v) is 5.29. The van der Waals surface area contributed by atoms with Crippen LogP contribution in [0.2, 0.25) is 5.02 Å². The summed E-state index contributed by atoms with van der Waals surface area (Å²) in [6.45, 7) is 1.94. The molecule has 1 fully saturated rings. The molecule has 0 N–H and O–H groups in total. The third kappa shape index (κ3) is 2.42. The van der Waals surface area contributed by atoms with Crippen molar-refractivity contribution in [3.63, 3.8) is 0 Å². The molecule has 0 aliphatic carbocycles. The van der Waals surface area contributed by atoms with E-state index < -0.39 is 11.9 Å². The number of fused-ring (bicyclic) bond motifs is 1. The van der Waals surface area contributed by atoms with E-state index in [4.69, 9.17) is 11.6 Å². The maximum absolute atomic E-state index is 12.7. The fourth-order valence-corrected chi connectivity index (χ4v) is 2.74. The first kappa shape index (κ1) is 13.5. The second-order valence-electron chi connectivity index (χ2n) is 4.88. The summed E-state index contributed by atoms with van der Waals surface area (Å²) in [5.74, 6) is 0. The van der Waals surface area contributed by atoms with Crippen LogP contribution < -0.4 is 4.90 Å². The summed E-state index contributed by atoms with van der Waals surface area (Å²) >= 11 is 5.99. The van der Waals surface area contributed by atoms with Crippen LogP contribution >= 0.6 is 11.6 Å². The van der Waals surface area contributed by atoms with Gasteiger partial charge in [0.15, 0.2) is 0 Å². The maximum atomic E-state index is 12.7. The minimum atomic E-state index is -4.48. The summed E-state index contributed by atoms with van der Waals surface area (Å²) in [7, 11) is 0. The van der Waals surface area contributed by atoms with Crippen LogP contribution in [0.25, 0.3) is 10.9 Å². The van der Waals surface area contributed by atoms with E-state index in [2.05, 4.69) is 9.88 Å². The van der Waals surface area contributed by atoms with E-state index >= 15 is 0 Å². The predicted molar refractivity (Wildman–Crippen MR) is 73.2 cm³/mol. The van der Waals surface area contributed by atoms with Crippen molar-refractivity contribution < 1.29 is 13.2 Å². The maximum Gasteiger partial charge on any atom is 0.433 e. The molecule has 0 amide bonds. The van der Waals surface area contributed by atoms with Crippen LogP contribution in [0.5, 0.6) is 0 Å². The van der Waals surface area contributed by atoms with Crippen LogP contribution in [0.3, 0.4) is 0 Å². The van der Waals surface area contributed by atoms with Gasteiger partial charge in [-0.25, -0.2) is 4.98 Å². The number of anilines is 1. The summed E-state index contributed by atoms with van der Waals surface area (Å²) in [5.41, 5.74) is 0.301. The van der Waals surface area contributed by atoms with Gasteiger partial charge in [-0.2, -0.15) is 13.2 Å². The van der Waals surface area contributed by atoms with Gasteiger partial charge in [0, 0.05) is 24.2 Å². The normalized spacial score (nSPS) is 16.1. The Hall–Kier alpha value is -1.49. The van der Waals surface area contributed by atoms with Crippen LogP contribution in [0.4, 0.5) is 18.9 Å². The van der Waals surface area contributed by atoms with Gasteiger partial charge in [0.25, 0.3) is 0 Å². The molecule has 6 heteroatoms. The van der Waals surface area contributed by atoms with E-state index in [1.807, 2.05) is 6.07 Å². The molecule has 20 heavy (non-hydrogen) atoms. The van der Waals surface area contributed by atoms with Gasteiger partial charge >= 0.3 is 6.18 Å². The molecule has 0 unspecified atom stereocenters. The highest BCUT2D eigenvalue weighted by Gasteiger charge is 2.33. The lowest BCUT2D eigenvalue weighted by Gasteiger charge is -2.18. The Morgan fingerprint density at radius 3 is 2.45 bits per heavy atom. The van der Waals surface area contributed by atoms with Gasteiger partial charge in [-0.1, -0.05) is 11.6 Å². The number of alkyl halides is 3. The lowest BCUT2D eigenvalue weighted by atomic mass is 10.1. The zero-order chi connectivity index (χ0) is 14.3. The van der Waals surface area contributed by atoms with Gasteiger partial charge in [-0.05, 0) is 37.1 Å². The number of benzene rings is 1. The number of rotatable bonds is 1. The summed E-state index contributed by atoms with van der Waals surface area (Å²) in [6, 6.07) is 6.11. The van der Waals surface area contributed by atoms with Gasteiger partial charge in [-0.3, -0.25) is 0 Å². The van der Waals surface area contributed by atoms with Gasteiger partial charge in [0.05, 0.1) is 10.5 Å². The average Bonchev–Trinajstić information content (AvgIpc) is 2.91. The number of hydrogen-bond donors (Lipinski definition) is 0. The molecule has 106 valence electrons. The molecule has 0 radical (unpaired) electrons. The third-order valence-electron chi connectivity index (χ3n) is 3.50. The number of aromatic nitrogens is 1. The highest BCUT2D eigenvalue weighted by Crippen LogP contribution is 2.34. The summed E-state index contributed by atoms with van der Waals surface area (Å²) < 4.78 is 38.1. The van der Waals surface area contributed by atoms with Crippen molar-refractivity contribution in [3.05, 3.63) is 35.0 Å². The van der Waals surface area contributed by atoms with Crippen LogP contribution in [0.1, 0.15) is 18.5 Å². The molecule has 1 aromatic carbocycles. The summed E-state index contributed by atoms with van der Waals surface area (Å²) in [6.07, 6.45) is -2.21. The van der Waals surface area contributed by atoms with Crippen molar-refractivity contribution in [2.45, 2.75) is 19.0 Å². The Labute approximate surface area is 119 Å². The monoisotopic (exact) mass is 300 g/mol. The van der Waals surface area contributed by atoms with Crippen molar-refractivity contribution in [2.75, 3.05) is 18.0 Å². The molecule has 1 aliphatic rings. The van der Waals surface area contributed by atoms with Crippen LogP contribution in [-0.4, -0.2) is 18.1 Å². The van der Waals surface area contributed by atoms with Gasteiger partial charge < -0.3 is 4.90 Å². The fourth-order valence-electron chi connectivity index (χ4n) is 2.49. The highest BCUT2D eigenvalue weighted by atomic mass is 35.5. The molecule has 1 aromatic heterocycles. The Kier molecular flexibility index (Phi) is 3.24. The SMILES string of the molecule is FC(F)(F)c1cc(Cl)c2cc(N3CCCC3)ccc2n1. The van der Waals surface area contributed by atoms with E-state index in [0.717, 1.165) is 37.7 Å². The zero-order valence-electron chi connectivity index (χ0n) is 10.5. The molecule has 0 atom stereocenters. The number of hydrogen-bond acceptors (Lipinski definition) is 2. The lowest BCUT2D eigenvalue weighted by Crippen LogP contribution is -2.17. The molecule has 2 aromatic rings. The lowest BCUT2D eigenvalue weighted by molar-refractivity contribution is -0.140. The number of pyridine rings is 1. The van der Waals surface area contributed by atoms with Gasteiger partial charge in [0.2, 0.25) is 0 Å². The van der Waals surface area contributed by atoms with Crippen LogP contribution in [0, 0.1) is 0 Å². The smallest absolute Gasteiger partial charge is 0.372 e.